The van der Waals surface area contributed by atoms with Crippen LogP contribution in [0.4, 0.5) is 5.13 Å². The van der Waals surface area contributed by atoms with E-state index in [4.69, 9.17) is 50.8 Å². The van der Waals surface area contributed by atoms with Gasteiger partial charge in [0.2, 0.25) is 0 Å². The molecule has 0 spiro atoms. The van der Waals surface area contributed by atoms with Crippen LogP contribution in [0.15, 0.2) is 64.7 Å². The molecular formula is C24H13Cl4N3O2S. The van der Waals surface area contributed by atoms with E-state index in [1.807, 2.05) is 18.2 Å². The highest BCUT2D eigenvalue weighted by molar-refractivity contribution is 7.15. The third-order valence-corrected chi connectivity index (χ3v) is 7.26. The molecule has 0 aliphatic heterocycles. The van der Waals surface area contributed by atoms with Crippen molar-refractivity contribution in [1.29, 1.82) is 5.26 Å². The zero-order valence-electron chi connectivity index (χ0n) is 17.1. The molecule has 0 aliphatic rings. The van der Waals surface area contributed by atoms with Crippen LogP contribution in [0.5, 0.6) is 0 Å². The highest BCUT2D eigenvalue weighted by Gasteiger charge is 2.15. The van der Waals surface area contributed by atoms with Crippen molar-refractivity contribution >= 4 is 74.9 Å². The molecule has 4 aromatic rings. The normalized spacial score (nSPS) is 11.3. The first kappa shape index (κ1) is 24.3. The highest BCUT2D eigenvalue weighted by Crippen LogP contribution is 2.35. The van der Waals surface area contributed by atoms with Gasteiger partial charge in [-0.25, -0.2) is 4.98 Å². The van der Waals surface area contributed by atoms with Crippen molar-refractivity contribution in [2.24, 2.45) is 0 Å². The minimum atomic E-state index is -0.608. The lowest BCUT2D eigenvalue weighted by molar-refractivity contribution is -0.112. The standard InChI is InChI=1S/C24H13Cl4N3O2S/c25-18-5-1-3-13(21(18)27)10-16-12-30-24(34-16)31-23(32)14(11-29)9-15-7-8-20(33-15)17-4-2-6-19(26)22(17)28/h1-9,12H,10H2,(H,30,31,32)/b14-9+. The van der Waals surface area contributed by atoms with Gasteiger partial charge >= 0.3 is 0 Å². The van der Waals surface area contributed by atoms with E-state index in [0.717, 1.165) is 10.4 Å². The van der Waals surface area contributed by atoms with Gasteiger partial charge in [0.1, 0.15) is 23.2 Å². The molecule has 5 nitrogen and oxygen atoms in total. The summed E-state index contributed by atoms with van der Waals surface area (Å²) in [7, 11) is 0. The molecule has 0 atom stereocenters. The molecule has 0 saturated carbocycles. The monoisotopic (exact) mass is 547 g/mol. The number of anilines is 1. The van der Waals surface area contributed by atoms with E-state index in [9.17, 15) is 10.1 Å². The minimum Gasteiger partial charge on any atom is -0.457 e. The second-order valence-corrected chi connectivity index (χ2v) is 9.63. The van der Waals surface area contributed by atoms with Crippen LogP contribution in [-0.2, 0) is 11.2 Å². The van der Waals surface area contributed by atoms with Crippen molar-refractivity contribution in [2.45, 2.75) is 6.42 Å². The fraction of sp³-hybridized carbons (Fsp3) is 0.0417. The van der Waals surface area contributed by atoms with Crippen molar-refractivity contribution in [3.05, 3.63) is 96.6 Å². The van der Waals surface area contributed by atoms with Crippen LogP contribution >= 0.6 is 57.7 Å². The van der Waals surface area contributed by atoms with E-state index < -0.39 is 5.91 Å². The smallest absolute Gasteiger partial charge is 0.268 e. The molecule has 0 unspecified atom stereocenters. The van der Waals surface area contributed by atoms with E-state index in [1.54, 1.807) is 42.6 Å². The fourth-order valence-corrected chi connectivity index (χ4v) is 4.66. The SMILES string of the molecule is N#C/C(=C\c1ccc(-c2cccc(Cl)c2Cl)o1)C(=O)Nc1ncc(Cc2cccc(Cl)c2Cl)s1. The minimum absolute atomic E-state index is 0.146. The van der Waals surface area contributed by atoms with Gasteiger partial charge in [-0.05, 0) is 35.9 Å². The average molecular weight is 549 g/mol. The predicted octanol–water partition coefficient (Wildman–Crippen LogP) is 8.15. The third-order valence-electron chi connectivity index (χ3n) is 4.67. The van der Waals surface area contributed by atoms with Gasteiger partial charge in [-0.3, -0.25) is 10.1 Å². The van der Waals surface area contributed by atoms with Gasteiger partial charge in [-0.1, -0.05) is 64.6 Å². The first-order valence-corrected chi connectivity index (χ1v) is 12.0. The van der Waals surface area contributed by atoms with E-state index in [-0.39, 0.29) is 5.57 Å². The summed E-state index contributed by atoms with van der Waals surface area (Å²) in [5, 5.41) is 14.2. The third kappa shape index (κ3) is 5.47. The number of hydrogen-bond donors (Lipinski definition) is 1. The summed E-state index contributed by atoms with van der Waals surface area (Å²) >= 11 is 25.9. The Morgan fingerprint density at radius 3 is 2.56 bits per heavy atom. The Labute approximate surface area is 219 Å². The molecule has 0 bridgehead atoms. The number of carbonyl (C=O) groups excluding carboxylic acids is 1. The summed E-state index contributed by atoms with van der Waals surface area (Å²) in [6, 6.07) is 15.8. The lowest BCUT2D eigenvalue weighted by Gasteiger charge is -2.03. The van der Waals surface area contributed by atoms with Crippen LogP contribution in [-0.4, -0.2) is 10.9 Å². The lowest BCUT2D eigenvalue weighted by Crippen LogP contribution is -2.13. The quantitative estimate of drug-likeness (QED) is 0.195. The number of benzene rings is 2. The van der Waals surface area contributed by atoms with Crippen LogP contribution in [0, 0.1) is 11.3 Å². The number of halogens is 4. The van der Waals surface area contributed by atoms with Gasteiger partial charge in [0.15, 0.2) is 5.13 Å². The molecule has 0 fully saturated rings. The molecule has 4 rings (SSSR count). The predicted molar refractivity (Wildman–Crippen MR) is 138 cm³/mol. The topological polar surface area (TPSA) is 78.9 Å². The van der Waals surface area contributed by atoms with Gasteiger partial charge in [0.05, 0.1) is 20.1 Å². The number of furan rings is 1. The Balaban J connectivity index is 1.48. The summed E-state index contributed by atoms with van der Waals surface area (Å²) in [5.41, 5.74) is 1.31. The fourth-order valence-electron chi connectivity index (χ4n) is 3.04. The molecule has 1 N–H and O–H groups in total. The molecular weight excluding hydrogens is 536 g/mol. The Morgan fingerprint density at radius 2 is 1.79 bits per heavy atom. The maximum Gasteiger partial charge on any atom is 0.268 e. The maximum atomic E-state index is 12.6. The molecule has 0 saturated heterocycles. The van der Waals surface area contributed by atoms with Gasteiger partial charge in [-0.15, -0.1) is 11.3 Å². The highest BCUT2D eigenvalue weighted by atomic mass is 35.5. The van der Waals surface area contributed by atoms with Gasteiger partial charge in [0, 0.05) is 29.1 Å². The average Bonchev–Trinajstić information content (AvgIpc) is 3.46. The maximum absolute atomic E-state index is 12.6. The zero-order valence-corrected chi connectivity index (χ0v) is 21.0. The number of carbonyl (C=O) groups is 1. The van der Waals surface area contributed by atoms with Crippen molar-refractivity contribution in [2.75, 3.05) is 5.32 Å². The number of nitriles is 1. The largest absolute Gasteiger partial charge is 0.457 e. The summed E-state index contributed by atoms with van der Waals surface area (Å²) in [6.45, 7) is 0. The second kappa shape index (κ2) is 10.6. The number of thiazole rings is 1. The van der Waals surface area contributed by atoms with E-state index in [0.29, 0.717) is 48.7 Å². The van der Waals surface area contributed by atoms with Crippen LogP contribution in [0.25, 0.3) is 17.4 Å². The molecule has 0 radical (unpaired) electrons. The van der Waals surface area contributed by atoms with Crippen LogP contribution in [0.3, 0.4) is 0 Å². The summed E-state index contributed by atoms with van der Waals surface area (Å²) < 4.78 is 5.74. The number of rotatable bonds is 6. The Kier molecular flexibility index (Phi) is 7.62. The molecule has 2 aromatic heterocycles. The first-order chi connectivity index (χ1) is 16.4. The molecule has 10 heteroatoms. The number of nitrogens with one attached hydrogen (secondary N) is 1. The zero-order chi connectivity index (χ0) is 24.2. The first-order valence-electron chi connectivity index (χ1n) is 9.70. The number of hydrogen-bond acceptors (Lipinski definition) is 5. The molecule has 34 heavy (non-hydrogen) atoms. The summed E-state index contributed by atoms with van der Waals surface area (Å²) in [5.74, 6) is 0.164. The van der Waals surface area contributed by atoms with E-state index in [1.165, 1.54) is 17.4 Å². The Morgan fingerprint density at radius 1 is 1.06 bits per heavy atom. The van der Waals surface area contributed by atoms with Gasteiger partial charge < -0.3 is 4.42 Å². The van der Waals surface area contributed by atoms with E-state index in [2.05, 4.69) is 10.3 Å². The molecule has 2 heterocycles. The van der Waals surface area contributed by atoms with Gasteiger partial charge in [-0.2, -0.15) is 5.26 Å². The summed E-state index contributed by atoms with van der Waals surface area (Å²) in [4.78, 5) is 17.7. The van der Waals surface area contributed by atoms with E-state index >= 15 is 0 Å². The van der Waals surface area contributed by atoms with Crippen molar-refractivity contribution in [3.8, 4) is 17.4 Å². The molecule has 1 amide bonds. The summed E-state index contributed by atoms with van der Waals surface area (Å²) in [6.07, 6.45) is 3.49. The number of aromatic nitrogens is 1. The van der Waals surface area contributed by atoms with Crippen molar-refractivity contribution in [1.82, 2.24) is 4.98 Å². The molecule has 0 aliphatic carbocycles. The number of nitrogens with zero attached hydrogens (tertiary/aromatic N) is 2. The Hall–Kier alpha value is -2.79. The van der Waals surface area contributed by atoms with Crippen molar-refractivity contribution < 1.29 is 9.21 Å². The van der Waals surface area contributed by atoms with Crippen molar-refractivity contribution in [3.63, 3.8) is 0 Å². The number of amides is 1. The Bertz CT molecular complexity index is 1450. The molecule has 170 valence electrons. The molecule has 2 aromatic carbocycles. The van der Waals surface area contributed by atoms with Gasteiger partial charge in [0.25, 0.3) is 5.91 Å². The lowest BCUT2D eigenvalue weighted by atomic mass is 10.1. The second-order valence-electron chi connectivity index (χ2n) is 6.95. The van der Waals surface area contributed by atoms with Crippen LogP contribution in [0.2, 0.25) is 20.1 Å². The van der Waals surface area contributed by atoms with Crippen LogP contribution < -0.4 is 5.32 Å². The van der Waals surface area contributed by atoms with Crippen LogP contribution in [0.1, 0.15) is 16.2 Å².